The lowest BCUT2D eigenvalue weighted by Gasteiger charge is -2.40. The Labute approximate surface area is 183 Å². The molecule has 1 aliphatic rings. The van der Waals surface area contributed by atoms with Crippen molar-refractivity contribution in [3.63, 3.8) is 0 Å². The SMILES string of the molecule is O=c1oc2cc(NC3C(O)OC(CO)[C@@H](O)C3O)ccc2c(C(F)(F)F)c1-c1ccncc1. The fourth-order valence-corrected chi connectivity index (χ4v) is 3.81. The van der Waals surface area contributed by atoms with Crippen molar-refractivity contribution in [3.8, 4) is 11.1 Å². The third-order valence-corrected chi connectivity index (χ3v) is 5.39. The van der Waals surface area contributed by atoms with Gasteiger partial charge in [0.15, 0.2) is 6.29 Å². The number of aromatic nitrogens is 1. The Morgan fingerprint density at radius 1 is 1.06 bits per heavy atom. The summed E-state index contributed by atoms with van der Waals surface area (Å²) in [6, 6.07) is 4.67. The molecule has 33 heavy (non-hydrogen) atoms. The molecule has 3 aromatic rings. The zero-order chi connectivity index (χ0) is 23.9. The Morgan fingerprint density at radius 2 is 1.76 bits per heavy atom. The number of nitrogens with one attached hydrogen (secondary N) is 1. The number of ether oxygens (including phenoxy) is 1. The maximum atomic E-state index is 14.0. The summed E-state index contributed by atoms with van der Waals surface area (Å²) in [5, 5.41) is 41.8. The largest absolute Gasteiger partial charge is 0.422 e. The number of hydrogen-bond acceptors (Lipinski definition) is 9. The molecule has 1 aliphatic heterocycles. The lowest BCUT2D eigenvalue weighted by atomic mass is 9.96. The Morgan fingerprint density at radius 3 is 2.39 bits per heavy atom. The number of rotatable bonds is 4. The minimum absolute atomic E-state index is 0.00630. The molecule has 0 bridgehead atoms. The van der Waals surface area contributed by atoms with E-state index in [2.05, 4.69) is 10.3 Å². The molecular weight excluding hydrogens is 449 g/mol. The van der Waals surface area contributed by atoms with Crippen molar-refractivity contribution < 1.29 is 42.8 Å². The molecule has 3 heterocycles. The second kappa shape index (κ2) is 8.72. The molecule has 1 aromatic carbocycles. The monoisotopic (exact) mass is 468 g/mol. The van der Waals surface area contributed by atoms with E-state index in [-0.39, 0.29) is 22.2 Å². The summed E-state index contributed by atoms with van der Waals surface area (Å²) >= 11 is 0. The van der Waals surface area contributed by atoms with Gasteiger partial charge in [-0.2, -0.15) is 13.2 Å². The molecule has 5 atom stereocenters. The molecule has 0 aliphatic carbocycles. The van der Waals surface area contributed by atoms with Crippen molar-refractivity contribution in [1.29, 1.82) is 0 Å². The number of aliphatic hydroxyl groups excluding tert-OH is 4. The highest BCUT2D eigenvalue weighted by Crippen LogP contribution is 2.40. The van der Waals surface area contributed by atoms with Crippen LogP contribution in [0.2, 0.25) is 0 Å². The number of hydrogen-bond donors (Lipinski definition) is 5. The molecular formula is C21H19F3N2O7. The summed E-state index contributed by atoms with van der Waals surface area (Å²) in [4.78, 5) is 16.3. The minimum Gasteiger partial charge on any atom is -0.422 e. The van der Waals surface area contributed by atoms with Gasteiger partial charge in [-0.1, -0.05) is 0 Å². The average molecular weight is 468 g/mol. The van der Waals surface area contributed by atoms with Gasteiger partial charge in [-0.3, -0.25) is 4.98 Å². The zero-order valence-electron chi connectivity index (χ0n) is 16.7. The highest BCUT2D eigenvalue weighted by molar-refractivity contribution is 5.89. The fraction of sp³-hybridized carbons (Fsp3) is 0.333. The molecule has 0 spiro atoms. The van der Waals surface area contributed by atoms with E-state index in [0.717, 1.165) is 12.1 Å². The van der Waals surface area contributed by atoms with Crippen molar-refractivity contribution in [2.24, 2.45) is 0 Å². The van der Waals surface area contributed by atoms with Crippen LogP contribution in [0, 0.1) is 0 Å². The number of alkyl halides is 3. The highest BCUT2D eigenvalue weighted by Gasteiger charge is 2.44. The number of fused-ring (bicyclic) bond motifs is 1. The van der Waals surface area contributed by atoms with Gasteiger partial charge in [0.25, 0.3) is 0 Å². The zero-order valence-corrected chi connectivity index (χ0v) is 16.7. The first kappa shape index (κ1) is 23.1. The van der Waals surface area contributed by atoms with Crippen molar-refractivity contribution >= 4 is 16.7 Å². The van der Waals surface area contributed by atoms with E-state index in [1.807, 2.05) is 0 Å². The molecule has 176 valence electrons. The summed E-state index contributed by atoms with van der Waals surface area (Å²) in [7, 11) is 0. The van der Waals surface area contributed by atoms with Crippen molar-refractivity contribution in [3.05, 3.63) is 58.7 Å². The summed E-state index contributed by atoms with van der Waals surface area (Å²) in [5.41, 5.74) is -3.34. The number of nitrogens with zero attached hydrogens (tertiary/aromatic N) is 1. The van der Waals surface area contributed by atoms with Crippen LogP contribution < -0.4 is 10.9 Å². The van der Waals surface area contributed by atoms with Crippen molar-refractivity contribution in [2.45, 2.75) is 36.8 Å². The lowest BCUT2D eigenvalue weighted by molar-refractivity contribution is -0.245. The van der Waals surface area contributed by atoms with Crippen LogP contribution in [0.1, 0.15) is 5.56 Å². The van der Waals surface area contributed by atoms with Crippen LogP contribution in [0.4, 0.5) is 18.9 Å². The Balaban J connectivity index is 1.77. The number of pyridine rings is 1. The Kier molecular flexibility index (Phi) is 6.12. The molecule has 1 saturated heterocycles. The van der Waals surface area contributed by atoms with Crippen LogP contribution in [-0.4, -0.2) is 62.7 Å². The van der Waals surface area contributed by atoms with Gasteiger partial charge >= 0.3 is 11.8 Å². The van der Waals surface area contributed by atoms with Gasteiger partial charge in [0.1, 0.15) is 29.9 Å². The summed E-state index contributed by atoms with van der Waals surface area (Å²) in [5.74, 6) is 0. The molecule has 12 heteroatoms. The first-order valence-corrected chi connectivity index (χ1v) is 9.77. The molecule has 2 aromatic heterocycles. The van der Waals surface area contributed by atoms with E-state index in [9.17, 15) is 33.3 Å². The number of benzene rings is 1. The van der Waals surface area contributed by atoms with E-state index < -0.39 is 60.2 Å². The summed E-state index contributed by atoms with van der Waals surface area (Å²) < 4.78 is 52.2. The standard InChI is InChI=1S/C21H19F3N2O7/c22-21(23,24)15-11-2-1-10(26-16-18(29)17(28)13(8-27)33-20(16)31)7-12(11)32-19(30)14(15)9-3-5-25-6-4-9/h1-7,13,16-18,20,26-29,31H,8H2/t13?,16?,17-,18?,20?/m1/s1. The number of aliphatic hydroxyl groups is 4. The highest BCUT2D eigenvalue weighted by atomic mass is 19.4. The van der Waals surface area contributed by atoms with Gasteiger partial charge in [0.2, 0.25) is 0 Å². The van der Waals surface area contributed by atoms with Crippen LogP contribution in [-0.2, 0) is 10.9 Å². The van der Waals surface area contributed by atoms with Crippen LogP contribution in [0.3, 0.4) is 0 Å². The number of anilines is 1. The van der Waals surface area contributed by atoms with Gasteiger partial charge in [-0.25, -0.2) is 4.79 Å². The predicted octanol–water partition coefficient (Wildman–Crippen LogP) is 1.09. The van der Waals surface area contributed by atoms with Crippen molar-refractivity contribution in [1.82, 2.24) is 4.98 Å². The fourth-order valence-electron chi connectivity index (χ4n) is 3.81. The van der Waals surface area contributed by atoms with E-state index in [4.69, 9.17) is 14.3 Å². The van der Waals surface area contributed by atoms with E-state index >= 15 is 0 Å². The van der Waals surface area contributed by atoms with Crippen LogP contribution in [0.15, 0.2) is 51.9 Å². The van der Waals surface area contributed by atoms with Gasteiger partial charge in [0, 0.05) is 29.5 Å². The van der Waals surface area contributed by atoms with Gasteiger partial charge in [0.05, 0.1) is 17.7 Å². The minimum atomic E-state index is -4.88. The van der Waals surface area contributed by atoms with E-state index in [1.54, 1.807) is 0 Å². The Bertz CT molecular complexity index is 1200. The predicted molar refractivity (Wildman–Crippen MR) is 108 cm³/mol. The molecule has 0 radical (unpaired) electrons. The third-order valence-electron chi connectivity index (χ3n) is 5.39. The van der Waals surface area contributed by atoms with E-state index in [1.165, 1.54) is 30.6 Å². The van der Waals surface area contributed by atoms with Crippen LogP contribution in [0.25, 0.3) is 22.1 Å². The van der Waals surface area contributed by atoms with E-state index in [0.29, 0.717) is 0 Å². The first-order valence-electron chi connectivity index (χ1n) is 9.77. The maximum Gasteiger partial charge on any atom is 0.417 e. The van der Waals surface area contributed by atoms with Gasteiger partial charge < -0.3 is 34.9 Å². The van der Waals surface area contributed by atoms with Gasteiger partial charge in [-0.05, 0) is 29.8 Å². The summed E-state index contributed by atoms with van der Waals surface area (Å²) in [6.07, 6.45) is -8.35. The maximum absolute atomic E-state index is 14.0. The number of halogens is 3. The first-order chi connectivity index (χ1) is 15.6. The average Bonchev–Trinajstić information content (AvgIpc) is 2.78. The molecule has 4 unspecified atom stereocenters. The lowest BCUT2D eigenvalue weighted by Crippen LogP contribution is -2.61. The summed E-state index contributed by atoms with van der Waals surface area (Å²) in [6.45, 7) is -0.650. The van der Waals surface area contributed by atoms with Gasteiger partial charge in [-0.15, -0.1) is 0 Å². The van der Waals surface area contributed by atoms with Crippen molar-refractivity contribution in [2.75, 3.05) is 11.9 Å². The second-order valence-corrected chi connectivity index (χ2v) is 7.48. The third kappa shape index (κ3) is 4.30. The topological polar surface area (TPSA) is 145 Å². The normalized spacial score (nSPS) is 25.8. The molecule has 1 fully saturated rings. The Hall–Kier alpha value is -3.03. The second-order valence-electron chi connectivity index (χ2n) is 7.48. The smallest absolute Gasteiger partial charge is 0.417 e. The molecule has 5 N–H and O–H groups in total. The molecule has 9 nitrogen and oxygen atoms in total. The van der Waals surface area contributed by atoms with Crippen LogP contribution in [0.5, 0.6) is 0 Å². The molecule has 4 rings (SSSR count). The van der Waals surface area contributed by atoms with Crippen LogP contribution >= 0.6 is 0 Å². The quantitative estimate of drug-likeness (QED) is 0.355. The molecule has 0 saturated carbocycles. The molecule has 0 amide bonds.